The zero-order valence-electron chi connectivity index (χ0n) is 9.30. The van der Waals surface area contributed by atoms with E-state index in [0.29, 0.717) is 12.3 Å². The van der Waals surface area contributed by atoms with Gasteiger partial charge in [0.2, 0.25) is 5.91 Å². The Bertz CT molecular complexity index is 419. The van der Waals surface area contributed by atoms with Crippen molar-refractivity contribution in [3.05, 3.63) is 28.5 Å². The SMILES string of the molecule is O=C(CC1CCNC1)Nc1cc(Br)ccc1F. The van der Waals surface area contributed by atoms with Crippen LogP contribution >= 0.6 is 15.9 Å². The molecule has 0 bridgehead atoms. The number of benzene rings is 1. The molecule has 0 spiro atoms. The smallest absolute Gasteiger partial charge is 0.224 e. The number of carbonyl (C=O) groups is 1. The quantitative estimate of drug-likeness (QED) is 0.901. The van der Waals surface area contributed by atoms with Gasteiger partial charge >= 0.3 is 0 Å². The summed E-state index contributed by atoms with van der Waals surface area (Å²) in [4.78, 5) is 11.7. The summed E-state index contributed by atoms with van der Waals surface area (Å²) < 4.78 is 14.1. The largest absolute Gasteiger partial charge is 0.324 e. The second-order valence-electron chi connectivity index (χ2n) is 4.24. The number of hydrogen-bond donors (Lipinski definition) is 2. The van der Waals surface area contributed by atoms with E-state index in [1.165, 1.54) is 6.07 Å². The Labute approximate surface area is 108 Å². The van der Waals surface area contributed by atoms with Crippen LogP contribution in [-0.4, -0.2) is 19.0 Å². The number of anilines is 1. The molecule has 92 valence electrons. The fraction of sp³-hybridized carbons (Fsp3) is 0.417. The summed E-state index contributed by atoms with van der Waals surface area (Å²) in [5.41, 5.74) is 0.232. The molecular weight excluding hydrogens is 287 g/mol. The molecule has 3 nitrogen and oxygen atoms in total. The topological polar surface area (TPSA) is 41.1 Å². The van der Waals surface area contributed by atoms with Gasteiger partial charge < -0.3 is 10.6 Å². The van der Waals surface area contributed by atoms with Gasteiger partial charge in [0.05, 0.1) is 5.69 Å². The molecule has 17 heavy (non-hydrogen) atoms. The molecule has 1 heterocycles. The van der Waals surface area contributed by atoms with Crippen LogP contribution in [0.3, 0.4) is 0 Å². The number of hydrogen-bond acceptors (Lipinski definition) is 2. The predicted octanol–water partition coefficient (Wildman–Crippen LogP) is 2.53. The van der Waals surface area contributed by atoms with E-state index in [2.05, 4.69) is 26.6 Å². The lowest BCUT2D eigenvalue weighted by molar-refractivity contribution is -0.117. The Balaban J connectivity index is 1.95. The zero-order valence-corrected chi connectivity index (χ0v) is 10.9. The molecule has 0 saturated carbocycles. The molecule has 2 N–H and O–H groups in total. The Morgan fingerprint density at radius 2 is 2.41 bits per heavy atom. The summed E-state index contributed by atoms with van der Waals surface area (Å²) in [7, 11) is 0. The molecule has 1 aliphatic heterocycles. The Hall–Kier alpha value is -0.940. The van der Waals surface area contributed by atoms with Crippen molar-refractivity contribution in [2.24, 2.45) is 5.92 Å². The first-order chi connectivity index (χ1) is 8.15. The van der Waals surface area contributed by atoms with Crippen molar-refractivity contribution in [1.29, 1.82) is 0 Å². The van der Waals surface area contributed by atoms with Gasteiger partial charge in [-0.15, -0.1) is 0 Å². The lowest BCUT2D eigenvalue weighted by Crippen LogP contribution is -2.18. The highest BCUT2D eigenvalue weighted by molar-refractivity contribution is 9.10. The highest BCUT2D eigenvalue weighted by atomic mass is 79.9. The monoisotopic (exact) mass is 300 g/mol. The highest BCUT2D eigenvalue weighted by Crippen LogP contribution is 2.21. The summed E-state index contributed by atoms with van der Waals surface area (Å²) in [5.74, 6) is -0.174. The third kappa shape index (κ3) is 3.51. The van der Waals surface area contributed by atoms with Gasteiger partial charge in [0, 0.05) is 10.9 Å². The molecule has 1 fully saturated rings. The fourth-order valence-corrected chi connectivity index (χ4v) is 2.31. The molecule has 1 amide bonds. The van der Waals surface area contributed by atoms with E-state index in [-0.39, 0.29) is 11.6 Å². The van der Waals surface area contributed by atoms with Crippen molar-refractivity contribution in [3.63, 3.8) is 0 Å². The lowest BCUT2D eigenvalue weighted by Gasteiger charge is -2.10. The Morgan fingerprint density at radius 3 is 3.12 bits per heavy atom. The standard InChI is InChI=1S/C12H14BrFN2O/c13-9-1-2-10(14)11(6-9)16-12(17)5-8-3-4-15-7-8/h1-2,6,8,15H,3-5,7H2,(H,16,17). The molecular formula is C12H14BrFN2O. The minimum atomic E-state index is -0.411. The summed E-state index contributed by atoms with van der Waals surface area (Å²) in [6.45, 7) is 1.83. The van der Waals surface area contributed by atoms with Gasteiger partial charge in [-0.05, 0) is 43.6 Å². The van der Waals surface area contributed by atoms with Crippen LogP contribution in [0.1, 0.15) is 12.8 Å². The van der Waals surface area contributed by atoms with Crippen LogP contribution in [0, 0.1) is 11.7 Å². The van der Waals surface area contributed by atoms with E-state index in [1.807, 2.05) is 0 Å². The molecule has 2 rings (SSSR count). The third-order valence-corrected chi connectivity index (χ3v) is 3.33. The summed E-state index contributed by atoms with van der Waals surface area (Å²) in [5, 5.41) is 5.81. The second-order valence-corrected chi connectivity index (χ2v) is 5.15. The molecule has 1 atom stereocenters. The number of carbonyl (C=O) groups excluding carboxylic acids is 1. The molecule has 5 heteroatoms. The van der Waals surface area contributed by atoms with Crippen LogP contribution in [0.4, 0.5) is 10.1 Å². The molecule has 1 aliphatic rings. The van der Waals surface area contributed by atoms with E-state index in [4.69, 9.17) is 0 Å². The molecule has 1 saturated heterocycles. The van der Waals surface area contributed by atoms with E-state index in [1.54, 1.807) is 12.1 Å². The summed E-state index contributed by atoms with van der Waals surface area (Å²) in [6, 6.07) is 4.50. The first kappa shape index (κ1) is 12.5. The van der Waals surface area contributed by atoms with Gasteiger partial charge in [-0.3, -0.25) is 4.79 Å². The van der Waals surface area contributed by atoms with Crippen LogP contribution < -0.4 is 10.6 Å². The molecule has 0 aromatic heterocycles. The third-order valence-electron chi connectivity index (χ3n) is 2.84. The number of nitrogens with one attached hydrogen (secondary N) is 2. The summed E-state index contributed by atoms with van der Waals surface area (Å²) in [6.07, 6.45) is 1.45. The first-order valence-corrected chi connectivity index (χ1v) is 6.40. The molecule has 1 aromatic carbocycles. The number of amides is 1. The number of rotatable bonds is 3. The van der Waals surface area contributed by atoms with Crippen molar-refractivity contribution in [2.45, 2.75) is 12.8 Å². The van der Waals surface area contributed by atoms with Gasteiger partial charge in [0.15, 0.2) is 0 Å². The fourth-order valence-electron chi connectivity index (χ4n) is 1.95. The molecule has 1 aromatic rings. The van der Waals surface area contributed by atoms with Crippen LogP contribution in [0.25, 0.3) is 0 Å². The normalized spacial score (nSPS) is 19.3. The molecule has 1 unspecified atom stereocenters. The second kappa shape index (κ2) is 5.60. The maximum atomic E-state index is 13.4. The predicted molar refractivity (Wildman–Crippen MR) is 68.3 cm³/mol. The first-order valence-electron chi connectivity index (χ1n) is 5.61. The zero-order chi connectivity index (χ0) is 12.3. The van der Waals surface area contributed by atoms with Crippen molar-refractivity contribution in [2.75, 3.05) is 18.4 Å². The van der Waals surface area contributed by atoms with Crippen LogP contribution in [0.2, 0.25) is 0 Å². The minimum absolute atomic E-state index is 0.129. The number of halogens is 2. The maximum Gasteiger partial charge on any atom is 0.224 e. The van der Waals surface area contributed by atoms with Gasteiger partial charge in [0.25, 0.3) is 0 Å². The van der Waals surface area contributed by atoms with Gasteiger partial charge in [0.1, 0.15) is 5.82 Å². The van der Waals surface area contributed by atoms with Crippen LogP contribution in [0.15, 0.2) is 22.7 Å². The minimum Gasteiger partial charge on any atom is -0.324 e. The maximum absolute atomic E-state index is 13.4. The highest BCUT2D eigenvalue weighted by Gasteiger charge is 2.18. The van der Waals surface area contributed by atoms with E-state index in [0.717, 1.165) is 24.0 Å². The van der Waals surface area contributed by atoms with Gasteiger partial charge in [-0.2, -0.15) is 0 Å². The van der Waals surface area contributed by atoms with E-state index >= 15 is 0 Å². The Kier molecular flexibility index (Phi) is 4.12. The van der Waals surface area contributed by atoms with Crippen molar-refractivity contribution < 1.29 is 9.18 Å². The van der Waals surface area contributed by atoms with Crippen LogP contribution in [0.5, 0.6) is 0 Å². The lowest BCUT2D eigenvalue weighted by atomic mass is 10.0. The van der Waals surface area contributed by atoms with Crippen molar-refractivity contribution in [1.82, 2.24) is 5.32 Å². The van der Waals surface area contributed by atoms with Crippen molar-refractivity contribution >= 4 is 27.5 Å². The van der Waals surface area contributed by atoms with E-state index < -0.39 is 5.82 Å². The molecule has 0 radical (unpaired) electrons. The van der Waals surface area contributed by atoms with Crippen LogP contribution in [-0.2, 0) is 4.79 Å². The average Bonchev–Trinajstić information content (AvgIpc) is 2.76. The summed E-state index contributed by atoms with van der Waals surface area (Å²) >= 11 is 3.25. The Morgan fingerprint density at radius 1 is 1.59 bits per heavy atom. The van der Waals surface area contributed by atoms with Gasteiger partial charge in [-0.25, -0.2) is 4.39 Å². The van der Waals surface area contributed by atoms with Crippen molar-refractivity contribution in [3.8, 4) is 0 Å². The molecule has 0 aliphatic carbocycles. The average molecular weight is 301 g/mol. The van der Waals surface area contributed by atoms with E-state index in [9.17, 15) is 9.18 Å². The van der Waals surface area contributed by atoms with Gasteiger partial charge in [-0.1, -0.05) is 15.9 Å².